The molecule has 2 rings (SSSR count). The largest absolute Gasteiger partial charge is 0.462 e. The van der Waals surface area contributed by atoms with Gasteiger partial charge in [-0.3, -0.25) is 0 Å². The van der Waals surface area contributed by atoms with Crippen LogP contribution in [-0.4, -0.2) is 24.0 Å². The second-order valence-corrected chi connectivity index (χ2v) is 5.21. The maximum absolute atomic E-state index is 13.2. The Morgan fingerprint density at radius 1 is 1.52 bits per heavy atom. The van der Waals surface area contributed by atoms with Crippen molar-refractivity contribution in [2.75, 3.05) is 24.3 Å². The molecule has 5 nitrogen and oxygen atoms in total. The first-order valence-corrected chi connectivity index (χ1v) is 7.18. The van der Waals surface area contributed by atoms with Crippen LogP contribution in [0.5, 0.6) is 0 Å². The highest BCUT2D eigenvalue weighted by Gasteiger charge is 2.23. The van der Waals surface area contributed by atoms with E-state index in [1.165, 1.54) is 12.1 Å². The van der Waals surface area contributed by atoms with E-state index in [0.29, 0.717) is 11.5 Å². The third-order valence-corrected chi connectivity index (χ3v) is 3.81. The highest BCUT2D eigenvalue weighted by Crippen LogP contribution is 2.31. The summed E-state index contributed by atoms with van der Waals surface area (Å²) in [5.74, 6) is -0.639. The van der Waals surface area contributed by atoms with E-state index in [1.54, 1.807) is 24.9 Å². The lowest BCUT2D eigenvalue weighted by molar-refractivity contribution is 0.0528. The summed E-state index contributed by atoms with van der Waals surface area (Å²) < 4.78 is 22.2. The summed E-state index contributed by atoms with van der Waals surface area (Å²) >= 11 is 1.12. The quantitative estimate of drug-likeness (QED) is 0.860. The van der Waals surface area contributed by atoms with Crippen molar-refractivity contribution in [1.82, 2.24) is 4.37 Å². The van der Waals surface area contributed by atoms with E-state index in [0.717, 1.165) is 17.1 Å². The molecule has 21 heavy (non-hydrogen) atoms. The summed E-state index contributed by atoms with van der Waals surface area (Å²) in [6.45, 7) is 2.43. The molecule has 112 valence electrons. The van der Waals surface area contributed by atoms with E-state index < -0.39 is 5.97 Å². The number of anilines is 2. The molecule has 0 radical (unpaired) electrons. The van der Waals surface area contributed by atoms with Crippen molar-refractivity contribution in [2.24, 2.45) is 0 Å². The number of nitrogen functional groups attached to an aromatic ring is 1. The lowest BCUT2D eigenvalue weighted by atomic mass is 10.2. The van der Waals surface area contributed by atoms with E-state index in [9.17, 15) is 9.18 Å². The number of carbonyl (C=O) groups is 1. The fraction of sp³-hybridized carbons (Fsp3) is 0.286. The van der Waals surface area contributed by atoms with Gasteiger partial charge >= 0.3 is 5.97 Å². The Hall–Kier alpha value is -2.15. The minimum absolute atomic E-state index is 0.152. The number of nitrogens with two attached hydrogens (primary N) is 1. The smallest absolute Gasteiger partial charge is 0.345 e. The normalized spacial score (nSPS) is 10.4. The van der Waals surface area contributed by atoms with Crippen LogP contribution in [0.4, 0.5) is 15.2 Å². The lowest BCUT2D eigenvalue weighted by Gasteiger charge is -2.18. The van der Waals surface area contributed by atoms with Gasteiger partial charge in [0.05, 0.1) is 6.61 Å². The average molecular weight is 309 g/mol. The van der Waals surface area contributed by atoms with Crippen molar-refractivity contribution in [3.8, 4) is 0 Å². The van der Waals surface area contributed by atoms with E-state index in [2.05, 4.69) is 4.37 Å². The van der Waals surface area contributed by atoms with Crippen molar-refractivity contribution in [3.05, 3.63) is 41.2 Å². The second kappa shape index (κ2) is 6.53. The number of benzene rings is 1. The van der Waals surface area contributed by atoms with E-state index in [1.807, 2.05) is 6.07 Å². The van der Waals surface area contributed by atoms with Gasteiger partial charge in [0.1, 0.15) is 16.4 Å². The summed E-state index contributed by atoms with van der Waals surface area (Å²) in [6, 6.07) is 6.29. The molecular weight excluding hydrogens is 293 g/mol. The van der Waals surface area contributed by atoms with Gasteiger partial charge in [0.15, 0.2) is 5.82 Å². The van der Waals surface area contributed by atoms with Crippen LogP contribution in [0, 0.1) is 5.82 Å². The van der Waals surface area contributed by atoms with Crippen LogP contribution >= 0.6 is 11.5 Å². The topological polar surface area (TPSA) is 68.5 Å². The number of nitrogens with zero attached hydrogens (tertiary/aromatic N) is 2. The summed E-state index contributed by atoms with van der Waals surface area (Å²) in [6.07, 6.45) is 0. The number of rotatable bonds is 5. The molecule has 0 aliphatic rings. The minimum atomic E-state index is -0.496. The van der Waals surface area contributed by atoms with Crippen LogP contribution in [0.1, 0.15) is 22.8 Å². The fourth-order valence-electron chi connectivity index (χ4n) is 1.93. The molecule has 7 heteroatoms. The van der Waals surface area contributed by atoms with Crippen molar-refractivity contribution in [1.29, 1.82) is 0 Å². The van der Waals surface area contributed by atoms with Crippen molar-refractivity contribution >= 4 is 28.3 Å². The van der Waals surface area contributed by atoms with Crippen LogP contribution in [0.25, 0.3) is 0 Å². The van der Waals surface area contributed by atoms with Gasteiger partial charge in [-0.25, -0.2) is 9.18 Å². The molecule has 1 aromatic heterocycles. The van der Waals surface area contributed by atoms with Crippen LogP contribution in [0.15, 0.2) is 24.3 Å². The molecule has 0 aliphatic carbocycles. The lowest BCUT2D eigenvalue weighted by Crippen LogP contribution is -2.19. The molecule has 0 saturated heterocycles. The zero-order chi connectivity index (χ0) is 15.4. The zero-order valence-corrected chi connectivity index (χ0v) is 12.6. The fourth-order valence-corrected chi connectivity index (χ4v) is 2.69. The Morgan fingerprint density at radius 3 is 2.95 bits per heavy atom. The molecule has 0 aliphatic heterocycles. The minimum Gasteiger partial charge on any atom is -0.462 e. The monoisotopic (exact) mass is 309 g/mol. The third kappa shape index (κ3) is 3.49. The standard InChI is InChI=1S/C14H16FN3O2S/c1-3-20-14(19)11-12(16)17-21-13(11)18(2)8-9-5-4-6-10(15)7-9/h4-7H,3,8H2,1-2H3,(H2,16,17). The van der Waals surface area contributed by atoms with Gasteiger partial charge in [-0.2, -0.15) is 4.37 Å². The molecule has 0 bridgehead atoms. The van der Waals surface area contributed by atoms with E-state index in [4.69, 9.17) is 10.5 Å². The maximum Gasteiger partial charge on any atom is 0.345 e. The van der Waals surface area contributed by atoms with Crippen LogP contribution in [-0.2, 0) is 11.3 Å². The van der Waals surface area contributed by atoms with Gasteiger partial charge in [0.2, 0.25) is 0 Å². The van der Waals surface area contributed by atoms with E-state index in [-0.39, 0.29) is 23.8 Å². The molecule has 0 spiro atoms. The first-order chi connectivity index (χ1) is 10.0. The molecule has 1 heterocycles. The van der Waals surface area contributed by atoms with Gasteiger partial charge in [-0.05, 0) is 36.2 Å². The highest BCUT2D eigenvalue weighted by molar-refractivity contribution is 7.11. The number of ether oxygens (including phenoxy) is 1. The molecule has 2 N–H and O–H groups in total. The van der Waals surface area contributed by atoms with Gasteiger partial charge in [-0.1, -0.05) is 12.1 Å². The number of esters is 1. The first-order valence-electron chi connectivity index (χ1n) is 6.40. The average Bonchev–Trinajstić information content (AvgIpc) is 2.81. The Bertz CT molecular complexity index is 645. The molecule has 0 saturated carbocycles. The van der Waals surface area contributed by atoms with Crippen LogP contribution < -0.4 is 10.6 Å². The van der Waals surface area contributed by atoms with Crippen LogP contribution in [0.3, 0.4) is 0 Å². The third-order valence-electron chi connectivity index (χ3n) is 2.84. The van der Waals surface area contributed by atoms with Gasteiger partial charge < -0.3 is 15.4 Å². The number of hydrogen-bond donors (Lipinski definition) is 1. The summed E-state index contributed by atoms with van der Waals surface area (Å²) in [5.41, 5.74) is 6.80. The van der Waals surface area contributed by atoms with E-state index >= 15 is 0 Å². The SMILES string of the molecule is CCOC(=O)c1c(N)nsc1N(C)Cc1cccc(F)c1. The van der Waals surface area contributed by atoms with Crippen molar-refractivity contribution < 1.29 is 13.9 Å². The zero-order valence-electron chi connectivity index (χ0n) is 11.8. The highest BCUT2D eigenvalue weighted by atomic mass is 32.1. The number of halogens is 1. The number of carbonyl (C=O) groups excluding carboxylic acids is 1. The Morgan fingerprint density at radius 2 is 2.29 bits per heavy atom. The van der Waals surface area contributed by atoms with Crippen LogP contribution in [0.2, 0.25) is 0 Å². The van der Waals surface area contributed by atoms with Crippen molar-refractivity contribution in [3.63, 3.8) is 0 Å². The Labute approximate surface area is 126 Å². The molecule has 2 aromatic rings. The number of aromatic nitrogens is 1. The molecule has 0 amide bonds. The summed E-state index contributed by atoms with van der Waals surface area (Å²) in [7, 11) is 1.79. The Kier molecular flexibility index (Phi) is 4.74. The summed E-state index contributed by atoms with van der Waals surface area (Å²) in [5, 5.41) is 0.607. The van der Waals surface area contributed by atoms with Gasteiger partial charge in [0, 0.05) is 13.6 Å². The molecule has 0 atom stereocenters. The predicted molar refractivity (Wildman–Crippen MR) is 81.0 cm³/mol. The molecule has 0 fully saturated rings. The first kappa shape index (κ1) is 15.2. The molecular formula is C14H16FN3O2S. The van der Waals surface area contributed by atoms with Gasteiger partial charge in [-0.15, -0.1) is 0 Å². The maximum atomic E-state index is 13.2. The summed E-state index contributed by atoms with van der Waals surface area (Å²) in [4.78, 5) is 13.7. The molecule has 1 aromatic carbocycles. The van der Waals surface area contributed by atoms with Crippen molar-refractivity contribution in [2.45, 2.75) is 13.5 Å². The molecule has 0 unspecified atom stereocenters. The Balaban J connectivity index is 2.23. The second-order valence-electron chi connectivity index (χ2n) is 4.45. The predicted octanol–water partition coefficient (Wildman–Crippen LogP) is 2.68. The van der Waals surface area contributed by atoms with Gasteiger partial charge in [0.25, 0.3) is 0 Å². The number of hydrogen-bond acceptors (Lipinski definition) is 6.